The number of hydrogen-bond acceptors (Lipinski definition) is 3. The summed E-state index contributed by atoms with van der Waals surface area (Å²) in [5.74, 6) is 0. The summed E-state index contributed by atoms with van der Waals surface area (Å²) in [5.41, 5.74) is 0.964. The maximum atomic E-state index is 9.27. The first-order chi connectivity index (χ1) is 5.65. The van der Waals surface area contributed by atoms with Gasteiger partial charge in [0.05, 0.1) is 18.8 Å². The van der Waals surface area contributed by atoms with Crippen LogP contribution >= 0.6 is 0 Å². The van der Waals surface area contributed by atoms with E-state index in [4.69, 9.17) is 5.11 Å². The summed E-state index contributed by atoms with van der Waals surface area (Å²) in [5, 5.41) is 18.3. The Morgan fingerprint density at radius 3 is 2.75 bits per heavy atom. The molecular weight excluding hydrogens is 154 g/mol. The molecule has 0 aromatic heterocycles. The van der Waals surface area contributed by atoms with Gasteiger partial charge in [-0.3, -0.25) is 4.90 Å². The summed E-state index contributed by atoms with van der Waals surface area (Å²) in [6.07, 6.45) is 0.586. The molecule has 1 rings (SSSR count). The summed E-state index contributed by atoms with van der Waals surface area (Å²) in [6.45, 7) is 7.35. The van der Waals surface area contributed by atoms with Crippen LogP contribution in [0.15, 0.2) is 12.2 Å². The standard InChI is InChI=1S/C9H17NO2/c1-7(2)9(6-11)10-4-3-8(12)5-10/h8-9,11-12H,1,3-6H2,2H3. The second-order valence-corrected chi connectivity index (χ2v) is 3.48. The average molecular weight is 171 g/mol. The molecule has 3 nitrogen and oxygen atoms in total. The van der Waals surface area contributed by atoms with Crippen LogP contribution in [-0.4, -0.2) is 47.0 Å². The maximum absolute atomic E-state index is 9.27. The van der Waals surface area contributed by atoms with Gasteiger partial charge in [0.15, 0.2) is 0 Å². The molecule has 2 atom stereocenters. The van der Waals surface area contributed by atoms with E-state index in [1.54, 1.807) is 0 Å². The molecule has 0 saturated carbocycles. The van der Waals surface area contributed by atoms with Crippen molar-refractivity contribution in [2.24, 2.45) is 0 Å². The van der Waals surface area contributed by atoms with Crippen molar-refractivity contribution in [3.05, 3.63) is 12.2 Å². The Kier molecular flexibility index (Phi) is 3.26. The second kappa shape index (κ2) is 4.03. The first kappa shape index (κ1) is 9.71. The van der Waals surface area contributed by atoms with Gasteiger partial charge >= 0.3 is 0 Å². The number of nitrogens with zero attached hydrogens (tertiary/aromatic N) is 1. The van der Waals surface area contributed by atoms with Crippen LogP contribution in [0.5, 0.6) is 0 Å². The molecule has 70 valence electrons. The van der Waals surface area contributed by atoms with Gasteiger partial charge in [-0.15, -0.1) is 0 Å². The van der Waals surface area contributed by atoms with Gasteiger partial charge in [0, 0.05) is 13.1 Å². The van der Waals surface area contributed by atoms with Gasteiger partial charge in [-0.1, -0.05) is 12.2 Å². The number of aliphatic hydroxyl groups excluding tert-OH is 2. The highest BCUT2D eigenvalue weighted by Crippen LogP contribution is 2.16. The first-order valence-electron chi connectivity index (χ1n) is 4.33. The highest BCUT2D eigenvalue weighted by Gasteiger charge is 2.26. The van der Waals surface area contributed by atoms with Crippen molar-refractivity contribution in [3.8, 4) is 0 Å². The quantitative estimate of drug-likeness (QED) is 0.587. The Morgan fingerprint density at radius 2 is 2.42 bits per heavy atom. The van der Waals surface area contributed by atoms with Crippen molar-refractivity contribution in [1.82, 2.24) is 4.90 Å². The lowest BCUT2D eigenvalue weighted by Gasteiger charge is -2.25. The fourth-order valence-corrected chi connectivity index (χ4v) is 1.63. The predicted molar refractivity (Wildman–Crippen MR) is 47.9 cm³/mol. The van der Waals surface area contributed by atoms with Gasteiger partial charge in [-0.25, -0.2) is 0 Å². The van der Waals surface area contributed by atoms with Crippen LogP contribution in [0.3, 0.4) is 0 Å². The second-order valence-electron chi connectivity index (χ2n) is 3.48. The number of aliphatic hydroxyl groups is 2. The third-order valence-electron chi connectivity index (χ3n) is 2.38. The van der Waals surface area contributed by atoms with Crippen LogP contribution in [0.4, 0.5) is 0 Å². The van der Waals surface area contributed by atoms with Crippen LogP contribution in [0.1, 0.15) is 13.3 Å². The van der Waals surface area contributed by atoms with E-state index >= 15 is 0 Å². The molecule has 1 heterocycles. The molecule has 1 saturated heterocycles. The minimum atomic E-state index is -0.224. The molecule has 0 radical (unpaired) electrons. The highest BCUT2D eigenvalue weighted by atomic mass is 16.3. The van der Waals surface area contributed by atoms with Gasteiger partial charge in [0.2, 0.25) is 0 Å². The van der Waals surface area contributed by atoms with Gasteiger partial charge in [0.25, 0.3) is 0 Å². The van der Waals surface area contributed by atoms with Crippen LogP contribution in [0, 0.1) is 0 Å². The molecule has 0 aliphatic carbocycles. The largest absolute Gasteiger partial charge is 0.394 e. The molecule has 1 aliphatic rings. The Hall–Kier alpha value is -0.380. The third kappa shape index (κ3) is 2.06. The van der Waals surface area contributed by atoms with E-state index in [0.717, 1.165) is 18.5 Å². The number of rotatable bonds is 3. The molecule has 0 bridgehead atoms. The van der Waals surface area contributed by atoms with E-state index in [1.165, 1.54) is 0 Å². The molecular formula is C9H17NO2. The zero-order valence-electron chi connectivity index (χ0n) is 7.53. The normalized spacial score (nSPS) is 27.4. The van der Waals surface area contributed by atoms with E-state index in [1.807, 2.05) is 6.92 Å². The number of likely N-dealkylation sites (tertiary alicyclic amines) is 1. The molecule has 0 amide bonds. The summed E-state index contributed by atoms with van der Waals surface area (Å²) < 4.78 is 0. The van der Waals surface area contributed by atoms with E-state index in [2.05, 4.69) is 11.5 Å². The average Bonchev–Trinajstić information content (AvgIpc) is 2.37. The summed E-state index contributed by atoms with van der Waals surface area (Å²) >= 11 is 0. The lowest BCUT2D eigenvalue weighted by molar-refractivity contribution is 0.137. The predicted octanol–water partition coefficient (Wildman–Crippen LogP) is -0.01000. The maximum Gasteiger partial charge on any atom is 0.0679 e. The SMILES string of the molecule is C=C(C)C(CO)N1CCC(O)C1. The van der Waals surface area contributed by atoms with Crippen LogP contribution in [-0.2, 0) is 0 Å². The monoisotopic (exact) mass is 171 g/mol. The van der Waals surface area contributed by atoms with Crippen molar-refractivity contribution in [3.63, 3.8) is 0 Å². The van der Waals surface area contributed by atoms with Crippen LogP contribution in [0.2, 0.25) is 0 Å². The molecule has 2 unspecified atom stereocenters. The highest BCUT2D eigenvalue weighted by molar-refractivity contribution is 5.03. The minimum Gasteiger partial charge on any atom is -0.394 e. The van der Waals surface area contributed by atoms with E-state index < -0.39 is 0 Å². The smallest absolute Gasteiger partial charge is 0.0679 e. The third-order valence-corrected chi connectivity index (χ3v) is 2.38. The molecule has 1 aliphatic heterocycles. The Morgan fingerprint density at radius 1 is 1.75 bits per heavy atom. The Bertz CT molecular complexity index is 170. The molecule has 1 fully saturated rings. The van der Waals surface area contributed by atoms with E-state index in [0.29, 0.717) is 6.54 Å². The molecule has 0 aromatic carbocycles. The summed E-state index contributed by atoms with van der Waals surface area (Å²) in [7, 11) is 0. The Balaban J connectivity index is 2.49. The van der Waals surface area contributed by atoms with Gasteiger partial charge in [-0.05, 0) is 13.3 Å². The van der Waals surface area contributed by atoms with Gasteiger partial charge in [-0.2, -0.15) is 0 Å². The topological polar surface area (TPSA) is 43.7 Å². The molecule has 0 spiro atoms. The molecule has 3 heteroatoms. The van der Waals surface area contributed by atoms with Crippen molar-refractivity contribution in [2.75, 3.05) is 19.7 Å². The van der Waals surface area contributed by atoms with Gasteiger partial charge < -0.3 is 10.2 Å². The number of hydrogen-bond donors (Lipinski definition) is 2. The zero-order chi connectivity index (χ0) is 9.14. The zero-order valence-corrected chi connectivity index (χ0v) is 7.53. The van der Waals surface area contributed by atoms with E-state index in [9.17, 15) is 5.11 Å². The number of β-amino-alcohol motifs (C(OH)–C–C–N with tert-alkyl or cyclic N) is 1. The fraction of sp³-hybridized carbons (Fsp3) is 0.778. The minimum absolute atomic E-state index is 0.0298. The lowest BCUT2D eigenvalue weighted by atomic mass is 10.1. The molecule has 2 N–H and O–H groups in total. The first-order valence-corrected chi connectivity index (χ1v) is 4.33. The fourth-order valence-electron chi connectivity index (χ4n) is 1.63. The molecule has 0 aromatic rings. The molecule has 12 heavy (non-hydrogen) atoms. The van der Waals surface area contributed by atoms with Crippen LogP contribution in [0.25, 0.3) is 0 Å². The van der Waals surface area contributed by atoms with Crippen molar-refractivity contribution in [2.45, 2.75) is 25.5 Å². The van der Waals surface area contributed by atoms with E-state index in [-0.39, 0.29) is 18.8 Å². The van der Waals surface area contributed by atoms with Crippen molar-refractivity contribution >= 4 is 0 Å². The van der Waals surface area contributed by atoms with Crippen LogP contribution < -0.4 is 0 Å². The lowest BCUT2D eigenvalue weighted by Crippen LogP contribution is -2.37. The van der Waals surface area contributed by atoms with Crippen molar-refractivity contribution in [1.29, 1.82) is 0 Å². The summed E-state index contributed by atoms with van der Waals surface area (Å²) in [4.78, 5) is 2.08. The van der Waals surface area contributed by atoms with Crippen molar-refractivity contribution < 1.29 is 10.2 Å². The summed E-state index contributed by atoms with van der Waals surface area (Å²) in [6, 6.07) is 0.0298. The van der Waals surface area contributed by atoms with Gasteiger partial charge in [0.1, 0.15) is 0 Å². The Labute approximate surface area is 73.3 Å².